The van der Waals surface area contributed by atoms with Crippen molar-refractivity contribution in [3.05, 3.63) is 12.7 Å². The van der Waals surface area contributed by atoms with E-state index in [4.69, 9.17) is 0 Å². The van der Waals surface area contributed by atoms with Gasteiger partial charge in [0.2, 0.25) is 0 Å². The van der Waals surface area contributed by atoms with Gasteiger partial charge in [0.1, 0.15) is 11.4 Å². The van der Waals surface area contributed by atoms with Crippen LogP contribution in [0.15, 0.2) is 12.7 Å². The Kier molecular flexibility index (Phi) is 4.40. The second kappa shape index (κ2) is 4.56. The van der Waals surface area contributed by atoms with Crippen LogP contribution in [0.3, 0.4) is 0 Å². The molecule has 0 saturated carbocycles. The zero-order valence-electron chi connectivity index (χ0n) is 5.26. The standard InChI is InChI=1S/C6H9BrO2/c1-3-4-9-6(8)5(2)7/h3,5H,1,4H2,2H3/t5-/m0/s1. The van der Waals surface area contributed by atoms with E-state index in [-0.39, 0.29) is 17.4 Å². The third-order valence-corrected chi connectivity index (χ3v) is 1.04. The lowest BCUT2D eigenvalue weighted by Gasteiger charge is -2.01. The number of alkyl halides is 1. The minimum absolute atomic E-state index is 0.225. The monoisotopic (exact) mass is 192 g/mol. The van der Waals surface area contributed by atoms with Crippen molar-refractivity contribution in [1.29, 1.82) is 0 Å². The molecular formula is C6H9BrO2. The Bertz CT molecular complexity index is 110. The molecule has 0 radical (unpaired) electrons. The SMILES string of the molecule is C=CCOC(=O)[C@H](C)Br. The highest BCUT2D eigenvalue weighted by atomic mass is 79.9. The average Bonchev–Trinajstić information content (AvgIpc) is 1.82. The molecule has 0 heterocycles. The number of rotatable bonds is 3. The maximum atomic E-state index is 10.6. The summed E-state index contributed by atoms with van der Waals surface area (Å²) in [5.41, 5.74) is 0. The molecule has 0 rings (SSSR count). The van der Waals surface area contributed by atoms with Crippen LogP contribution in [0.2, 0.25) is 0 Å². The molecule has 0 aliphatic rings. The van der Waals surface area contributed by atoms with Gasteiger partial charge in [0.15, 0.2) is 0 Å². The van der Waals surface area contributed by atoms with Crippen LogP contribution in [0.25, 0.3) is 0 Å². The maximum absolute atomic E-state index is 10.6. The van der Waals surface area contributed by atoms with E-state index in [2.05, 4.69) is 27.2 Å². The fourth-order valence-electron chi connectivity index (χ4n) is 0.256. The van der Waals surface area contributed by atoms with E-state index in [0.29, 0.717) is 0 Å². The molecule has 0 saturated heterocycles. The van der Waals surface area contributed by atoms with E-state index in [1.165, 1.54) is 6.08 Å². The zero-order chi connectivity index (χ0) is 7.28. The van der Waals surface area contributed by atoms with Gasteiger partial charge < -0.3 is 4.74 Å². The molecule has 0 fully saturated rings. The first kappa shape index (κ1) is 8.69. The molecule has 0 bridgehead atoms. The third kappa shape index (κ3) is 4.21. The first-order valence-corrected chi connectivity index (χ1v) is 3.51. The Morgan fingerprint density at radius 2 is 2.56 bits per heavy atom. The minimum Gasteiger partial charge on any atom is -0.461 e. The molecule has 3 heteroatoms. The molecule has 2 nitrogen and oxygen atoms in total. The summed E-state index contributed by atoms with van der Waals surface area (Å²) in [6.07, 6.45) is 1.54. The first-order chi connectivity index (χ1) is 4.18. The first-order valence-electron chi connectivity index (χ1n) is 2.60. The molecule has 0 aromatic rings. The van der Waals surface area contributed by atoms with Crippen LogP contribution in [-0.2, 0) is 9.53 Å². The lowest BCUT2D eigenvalue weighted by Crippen LogP contribution is -2.13. The van der Waals surface area contributed by atoms with Crippen LogP contribution in [0.1, 0.15) is 6.92 Å². The maximum Gasteiger partial charge on any atom is 0.319 e. The van der Waals surface area contributed by atoms with Crippen molar-refractivity contribution in [2.45, 2.75) is 11.8 Å². The van der Waals surface area contributed by atoms with Gasteiger partial charge in [-0.3, -0.25) is 4.79 Å². The minimum atomic E-state index is -0.255. The topological polar surface area (TPSA) is 26.3 Å². The van der Waals surface area contributed by atoms with Crippen LogP contribution in [-0.4, -0.2) is 17.4 Å². The highest BCUT2D eigenvalue weighted by Gasteiger charge is 2.07. The summed E-state index contributed by atoms with van der Waals surface area (Å²) < 4.78 is 4.65. The lowest BCUT2D eigenvalue weighted by molar-refractivity contribution is -0.141. The molecule has 0 aromatic carbocycles. The third-order valence-electron chi connectivity index (χ3n) is 0.668. The smallest absolute Gasteiger partial charge is 0.319 e. The highest BCUT2D eigenvalue weighted by molar-refractivity contribution is 9.10. The average molecular weight is 193 g/mol. The van der Waals surface area contributed by atoms with E-state index < -0.39 is 0 Å². The molecule has 0 N–H and O–H groups in total. The Morgan fingerprint density at radius 3 is 2.89 bits per heavy atom. The van der Waals surface area contributed by atoms with E-state index >= 15 is 0 Å². The van der Waals surface area contributed by atoms with Crippen molar-refractivity contribution in [3.8, 4) is 0 Å². The number of halogens is 1. The van der Waals surface area contributed by atoms with E-state index in [1.54, 1.807) is 6.92 Å². The molecule has 0 aliphatic carbocycles. The molecular weight excluding hydrogens is 184 g/mol. The summed E-state index contributed by atoms with van der Waals surface area (Å²) >= 11 is 3.06. The molecule has 0 spiro atoms. The highest BCUT2D eigenvalue weighted by Crippen LogP contribution is 1.99. The summed E-state index contributed by atoms with van der Waals surface area (Å²) in [7, 11) is 0. The van der Waals surface area contributed by atoms with Crippen molar-refractivity contribution in [2.75, 3.05) is 6.61 Å². The molecule has 0 aliphatic heterocycles. The van der Waals surface area contributed by atoms with Crippen LogP contribution in [0, 0.1) is 0 Å². The summed E-state index contributed by atoms with van der Waals surface area (Å²) in [4.78, 5) is 10.4. The molecule has 0 aromatic heterocycles. The van der Waals surface area contributed by atoms with Crippen LogP contribution < -0.4 is 0 Å². The van der Waals surface area contributed by atoms with Crippen molar-refractivity contribution in [2.24, 2.45) is 0 Å². The number of carbonyl (C=O) groups excluding carboxylic acids is 1. The van der Waals surface area contributed by atoms with Gasteiger partial charge in [-0.05, 0) is 6.92 Å². The number of ether oxygens (including phenoxy) is 1. The fourth-order valence-corrected chi connectivity index (χ4v) is 0.388. The Morgan fingerprint density at radius 1 is 2.00 bits per heavy atom. The van der Waals surface area contributed by atoms with Crippen LogP contribution in [0.4, 0.5) is 0 Å². The second-order valence-corrected chi connectivity index (χ2v) is 2.91. The zero-order valence-corrected chi connectivity index (χ0v) is 6.85. The summed E-state index contributed by atoms with van der Waals surface area (Å²) in [5, 5.41) is 0. The van der Waals surface area contributed by atoms with Gasteiger partial charge in [-0.1, -0.05) is 28.6 Å². The van der Waals surface area contributed by atoms with Crippen molar-refractivity contribution in [1.82, 2.24) is 0 Å². The fraction of sp³-hybridized carbons (Fsp3) is 0.500. The van der Waals surface area contributed by atoms with Gasteiger partial charge in [0.05, 0.1) is 0 Å². The van der Waals surface area contributed by atoms with Gasteiger partial charge in [0, 0.05) is 0 Å². The van der Waals surface area contributed by atoms with E-state index in [9.17, 15) is 4.79 Å². The van der Waals surface area contributed by atoms with Gasteiger partial charge >= 0.3 is 5.97 Å². The van der Waals surface area contributed by atoms with E-state index in [1.807, 2.05) is 0 Å². The normalized spacial score (nSPS) is 12.2. The quantitative estimate of drug-likeness (QED) is 0.385. The number of hydrogen-bond acceptors (Lipinski definition) is 2. The second-order valence-electron chi connectivity index (χ2n) is 1.53. The van der Waals surface area contributed by atoms with Crippen molar-refractivity contribution in [3.63, 3.8) is 0 Å². The van der Waals surface area contributed by atoms with Gasteiger partial charge in [0.25, 0.3) is 0 Å². The molecule has 52 valence electrons. The predicted octanol–water partition coefficient (Wildman–Crippen LogP) is 1.50. The Hall–Kier alpha value is -0.310. The molecule has 1 atom stereocenters. The molecule has 0 unspecified atom stereocenters. The number of hydrogen-bond donors (Lipinski definition) is 0. The molecule has 9 heavy (non-hydrogen) atoms. The molecule has 0 amide bonds. The van der Waals surface area contributed by atoms with Crippen molar-refractivity contribution < 1.29 is 9.53 Å². The number of carbonyl (C=O) groups is 1. The van der Waals surface area contributed by atoms with E-state index in [0.717, 1.165) is 0 Å². The van der Waals surface area contributed by atoms with Gasteiger partial charge in [-0.2, -0.15) is 0 Å². The lowest BCUT2D eigenvalue weighted by atomic mass is 10.5. The summed E-state index contributed by atoms with van der Waals surface area (Å²) in [6.45, 7) is 5.40. The Balaban J connectivity index is 3.38. The summed E-state index contributed by atoms with van der Waals surface area (Å²) in [6, 6.07) is 0. The summed E-state index contributed by atoms with van der Waals surface area (Å²) in [5.74, 6) is -0.255. The Labute approximate surface area is 63.0 Å². The predicted molar refractivity (Wildman–Crippen MR) is 39.5 cm³/mol. The number of esters is 1. The van der Waals surface area contributed by atoms with Gasteiger partial charge in [-0.25, -0.2) is 0 Å². The van der Waals surface area contributed by atoms with Crippen LogP contribution >= 0.6 is 15.9 Å². The van der Waals surface area contributed by atoms with Crippen molar-refractivity contribution >= 4 is 21.9 Å². The van der Waals surface area contributed by atoms with Gasteiger partial charge in [-0.15, -0.1) is 0 Å². The largest absolute Gasteiger partial charge is 0.461 e. The van der Waals surface area contributed by atoms with Crippen LogP contribution in [0.5, 0.6) is 0 Å².